The minimum Gasteiger partial charge on any atom is -0.313 e. The first-order valence-electron chi connectivity index (χ1n) is 7.72. The summed E-state index contributed by atoms with van der Waals surface area (Å²) in [5.74, 6) is 0. The molecule has 2 aromatic rings. The molecule has 1 heteroatoms. The van der Waals surface area contributed by atoms with Gasteiger partial charge in [0.2, 0.25) is 0 Å². The maximum atomic E-state index is 3.72. The first-order valence-corrected chi connectivity index (χ1v) is 7.72. The molecule has 20 heavy (non-hydrogen) atoms. The molecule has 2 aromatic carbocycles. The predicted octanol–water partition coefficient (Wildman–Crippen LogP) is 4.80. The molecule has 1 atom stereocenters. The summed E-state index contributed by atoms with van der Waals surface area (Å²) in [4.78, 5) is 0. The van der Waals surface area contributed by atoms with Crippen LogP contribution < -0.4 is 5.32 Å². The van der Waals surface area contributed by atoms with E-state index in [2.05, 4.69) is 75.5 Å². The molecule has 1 unspecified atom stereocenters. The van der Waals surface area contributed by atoms with Gasteiger partial charge in [-0.2, -0.15) is 0 Å². The normalized spacial score (nSPS) is 13.6. The maximum Gasteiger partial charge on any atom is 0.0156 e. The van der Waals surface area contributed by atoms with Crippen LogP contribution in [0, 0.1) is 5.41 Å². The zero-order chi connectivity index (χ0) is 14.6. The molecule has 1 N–H and O–H groups in total. The van der Waals surface area contributed by atoms with Crippen molar-refractivity contribution in [3.63, 3.8) is 0 Å². The largest absolute Gasteiger partial charge is 0.313 e. The molecule has 0 saturated heterocycles. The average molecular weight is 269 g/mol. The first-order chi connectivity index (χ1) is 9.52. The molecule has 0 fully saturated rings. The Kier molecular flexibility index (Phi) is 4.82. The standard InChI is InChI=1S/C19H27N/c1-5-13-20-18(19(2,3)4)14-16-11-8-10-15-9-6-7-12-17(15)16/h6-12,18,20H,5,13-14H2,1-4H3. The lowest BCUT2D eigenvalue weighted by molar-refractivity contribution is 0.267. The highest BCUT2D eigenvalue weighted by Crippen LogP contribution is 2.26. The Morgan fingerprint density at radius 1 is 1.00 bits per heavy atom. The van der Waals surface area contributed by atoms with Gasteiger partial charge in [-0.25, -0.2) is 0 Å². The van der Waals surface area contributed by atoms with Gasteiger partial charge in [-0.3, -0.25) is 0 Å². The van der Waals surface area contributed by atoms with Crippen molar-refractivity contribution in [3.8, 4) is 0 Å². The lowest BCUT2D eigenvalue weighted by Crippen LogP contribution is -2.42. The van der Waals surface area contributed by atoms with Crippen LogP contribution in [0.2, 0.25) is 0 Å². The molecule has 0 spiro atoms. The smallest absolute Gasteiger partial charge is 0.0156 e. The second-order valence-corrected chi connectivity index (χ2v) is 6.72. The van der Waals surface area contributed by atoms with Gasteiger partial charge in [0.15, 0.2) is 0 Å². The number of benzene rings is 2. The molecule has 0 saturated carbocycles. The molecular formula is C19H27N. The summed E-state index contributed by atoms with van der Waals surface area (Å²) in [6, 6.07) is 15.8. The third-order valence-corrected chi connectivity index (χ3v) is 3.99. The monoisotopic (exact) mass is 269 g/mol. The number of hydrogen-bond donors (Lipinski definition) is 1. The average Bonchev–Trinajstić information content (AvgIpc) is 2.42. The lowest BCUT2D eigenvalue weighted by Gasteiger charge is -2.32. The second kappa shape index (κ2) is 6.41. The zero-order valence-corrected chi connectivity index (χ0v) is 13.2. The molecule has 0 bridgehead atoms. The van der Waals surface area contributed by atoms with Crippen LogP contribution in [-0.4, -0.2) is 12.6 Å². The Hall–Kier alpha value is -1.34. The molecule has 2 rings (SSSR count). The minimum atomic E-state index is 0.270. The Labute approximate surface area is 123 Å². The minimum absolute atomic E-state index is 0.270. The predicted molar refractivity (Wildman–Crippen MR) is 89.2 cm³/mol. The third kappa shape index (κ3) is 3.61. The van der Waals surface area contributed by atoms with E-state index in [1.165, 1.54) is 22.8 Å². The molecular weight excluding hydrogens is 242 g/mol. The molecule has 0 aliphatic rings. The fourth-order valence-corrected chi connectivity index (χ4v) is 2.69. The number of rotatable bonds is 5. The first kappa shape index (κ1) is 15.1. The molecule has 0 aliphatic carbocycles. The number of hydrogen-bond acceptors (Lipinski definition) is 1. The van der Waals surface area contributed by atoms with E-state index < -0.39 is 0 Å². The van der Waals surface area contributed by atoms with Gasteiger partial charge in [0, 0.05) is 6.04 Å². The van der Waals surface area contributed by atoms with Crippen LogP contribution >= 0.6 is 0 Å². The van der Waals surface area contributed by atoms with Crippen LogP contribution in [0.4, 0.5) is 0 Å². The topological polar surface area (TPSA) is 12.0 Å². The molecule has 0 amide bonds. The Bertz CT molecular complexity index is 546. The molecule has 1 nitrogen and oxygen atoms in total. The van der Waals surface area contributed by atoms with E-state index in [0.29, 0.717) is 6.04 Å². The van der Waals surface area contributed by atoms with E-state index in [0.717, 1.165) is 13.0 Å². The van der Waals surface area contributed by atoms with Gasteiger partial charge >= 0.3 is 0 Å². The fraction of sp³-hybridized carbons (Fsp3) is 0.474. The fourth-order valence-electron chi connectivity index (χ4n) is 2.69. The molecule has 0 heterocycles. The van der Waals surface area contributed by atoms with Gasteiger partial charge in [-0.05, 0) is 41.1 Å². The highest BCUT2D eigenvalue weighted by molar-refractivity contribution is 5.85. The van der Waals surface area contributed by atoms with E-state index in [1.54, 1.807) is 0 Å². The molecule has 108 valence electrons. The maximum absolute atomic E-state index is 3.72. The summed E-state index contributed by atoms with van der Waals surface area (Å²) >= 11 is 0. The second-order valence-electron chi connectivity index (χ2n) is 6.72. The quantitative estimate of drug-likeness (QED) is 0.822. The van der Waals surface area contributed by atoms with Gasteiger partial charge < -0.3 is 5.32 Å². The van der Waals surface area contributed by atoms with E-state index >= 15 is 0 Å². The highest BCUT2D eigenvalue weighted by Gasteiger charge is 2.24. The van der Waals surface area contributed by atoms with Crippen molar-refractivity contribution in [2.45, 2.75) is 46.6 Å². The van der Waals surface area contributed by atoms with Gasteiger partial charge in [-0.1, -0.05) is 70.2 Å². The highest BCUT2D eigenvalue weighted by atomic mass is 14.9. The summed E-state index contributed by atoms with van der Waals surface area (Å²) in [6.07, 6.45) is 2.27. The van der Waals surface area contributed by atoms with Crippen LogP contribution in [0.25, 0.3) is 10.8 Å². The summed E-state index contributed by atoms with van der Waals surface area (Å²) in [5.41, 5.74) is 1.72. The van der Waals surface area contributed by atoms with E-state index in [9.17, 15) is 0 Å². The number of nitrogens with one attached hydrogen (secondary N) is 1. The SMILES string of the molecule is CCCNC(Cc1cccc2ccccc12)C(C)(C)C. The summed E-state index contributed by atoms with van der Waals surface area (Å²) in [5, 5.41) is 6.45. The van der Waals surface area contributed by atoms with E-state index in [4.69, 9.17) is 0 Å². The van der Waals surface area contributed by atoms with Crippen molar-refractivity contribution >= 4 is 10.8 Å². The third-order valence-electron chi connectivity index (χ3n) is 3.99. The van der Waals surface area contributed by atoms with Gasteiger partial charge in [0.25, 0.3) is 0 Å². The van der Waals surface area contributed by atoms with Crippen LogP contribution in [-0.2, 0) is 6.42 Å². The lowest BCUT2D eigenvalue weighted by atomic mass is 9.82. The summed E-state index contributed by atoms with van der Waals surface area (Å²) in [6.45, 7) is 10.3. The Morgan fingerprint density at radius 2 is 1.70 bits per heavy atom. The Morgan fingerprint density at radius 3 is 2.40 bits per heavy atom. The van der Waals surface area contributed by atoms with E-state index in [-0.39, 0.29) is 5.41 Å². The van der Waals surface area contributed by atoms with Gasteiger partial charge in [-0.15, -0.1) is 0 Å². The molecule has 0 aromatic heterocycles. The zero-order valence-electron chi connectivity index (χ0n) is 13.2. The van der Waals surface area contributed by atoms with Crippen molar-refractivity contribution in [1.82, 2.24) is 5.32 Å². The van der Waals surface area contributed by atoms with Crippen LogP contribution in [0.1, 0.15) is 39.7 Å². The van der Waals surface area contributed by atoms with Gasteiger partial charge in [0.1, 0.15) is 0 Å². The van der Waals surface area contributed by atoms with Crippen molar-refractivity contribution < 1.29 is 0 Å². The van der Waals surface area contributed by atoms with Crippen molar-refractivity contribution in [2.75, 3.05) is 6.54 Å². The van der Waals surface area contributed by atoms with Crippen molar-refractivity contribution in [1.29, 1.82) is 0 Å². The van der Waals surface area contributed by atoms with Crippen molar-refractivity contribution in [3.05, 3.63) is 48.0 Å². The number of fused-ring (bicyclic) bond motifs is 1. The van der Waals surface area contributed by atoms with Gasteiger partial charge in [0.05, 0.1) is 0 Å². The summed E-state index contributed by atoms with van der Waals surface area (Å²) < 4.78 is 0. The molecule has 0 radical (unpaired) electrons. The van der Waals surface area contributed by atoms with Crippen LogP contribution in [0.3, 0.4) is 0 Å². The summed E-state index contributed by atoms with van der Waals surface area (Å²) in [7, 11) is 0. The Balaban J connectivity index is 2.28. The van der Waals surface area contributed by atoms with E-state index in [1.807, 2.05) is 0 Å². The van der Waals surface area contributed by atoms with Crippen molar-refractivity contribution in [2.24, 2.45) is 5.41 Å². The van der Waals surface area contributed by atoms with Crippen LogP contribution in [0.15, 0.2) is 42.5 Å². The molecule has 0 aliphatic heterocycles. The van der Waals surface area contributed by atoms with Crippen LogP contribution in [0.5, 0.6) is 0 Å².